The molecule has 366 valence electrons. The molecule has 24 unspecified atom stereocenters. The first kappa shape index (κ1) is 50.6. The lowest BCUT2D eigenvalue weighted by molar-refractivity contribution is -0.00140. The second-order valence-electron chi connectivity index (χ2n) is 25.2. The Labute approximate surface area is 391 Å². The Hall–Kier alpha value is -0.240. The summed E-state index contributed by atoms with van der Waals surface area (Å²) in [5.74, 6) is 12.7. The largest absolute Gasteiger partial charge is 0.311 e. The summed E-state index contributed by atoms with van der Waals surface area (Å²) < 4.78 is 0. The summed E-state index contributed by atoms with van der Waals surface area (Å²) in [6.07, 6.45) is 11.9. The second kappa shape index (κ2) is 20.8. The van der Waals surface area contributed by atoms with E-state index in [0.717, 1.165) is 35.5 Å². The molecule has 7 fully saturated rings. The molecule has 1 saturated carbocycles. The SMILES string of the molecule is CCC1C(C)NC(C(C2CC(C(C3NC(C)C(CC)C3C)C3NC(C)C(CC)C3C)CC(C(C3NC(C)C(CC)C3C)C3NC(C)C(CC)C3C)C2)C2NC(C)C(CC)C2C)C1C. The third kappa shape index (κ3) is 9.09. The monoisotopic (exact) mass is 877 g/mol. The van der Waals surface area contributed by atoms with E-state index in [1.165, 1.54) is 57.8 Å². The fourth-order valence-electron chi connectivity index (χ4n) is 19.8. The summed E-state index contributed by atoms with van der Waals surface area (Å²) in [5, 5.41) is 26.8. The zero-order chi connectivity index (χ0) is 45.9. The zero-order valence-corrected chi connectivity index (χ0v) is 44.7. The average Bonchev–Trinajstić information content (AvgIpc) is 4.03. The molecule has 6 N–H and O–H groups in total. The average molecular weight is 878 g/mol. The number of rotatable bonds is 15. The Balaban J connectivity index is 1.40. The fraction of sp³-hybridized carbons (Fsp3) is 1.00. The van der Waals surface area contributed by atoms with Gasteiger partial charge < -0.3 is 31.9 Å². The Morgan fingerprint density at radius 1 is 0.270 bits per heavy atom. The third-order valence-electron chi connectivity index (χ3n) is 22.8. The van der Waals surface area contributed by atoms with Crippen molar-refractivity contribution in [2.45, 2.75) is 255 Å². The molecule has 0 spiro atoms. The molecule has 6 nitrogen and oxygen atoms in total. The van der Waals surface area contributed by atoms with Crippen LogP contribution in [0.1, 0.15) is 182 Å². The molecule has 7 aliphatic rings. The van der Waals surface area contributed by atoms with E-state index < -0.39 is 0 Å². The van der Waals surface area contributed by atoms with E-state index in [4.69, 9.17) is 0 Å². The fourth-order valence-corrected chi connectivity index (χ4v) is 19.8. The summed E-state index contributed by atoms with van der Waals surface area (Å²) in [7, 11) is 0. The summed E-state index contributed by atoms with van der Waals surface area (Å²) in [5.41, 5.74) is 0. The molecule has 0 aromatic rings. The Morgan fingerprint density at radius 3 is 0.524 bits per heavy atom. The van der Waals surface area contributed by atoms with Gasteiger partial charge in [-0.1, -0.05) is 122 Å². The van der Waals surface area contributed by atoms with Gasteiger partial charge in [0.15, 0.2) is 0 Å². The van der Waals surface area contributed by atoms with Crippen molar-refractivity contribution >= 4 is 0 Å². The Bertz CT molecular complexity index is 1180. The van der Waals surface area contributed by atoms with E-state index in [9.17, 15) is 0 Å². The van der Waals surface area contributed by atoms with Gasteiger partial charge >= 0.3 is 0 Å². The van der Waals surface area contributed by atoms with Gasteiger partial charge in [0, 0.05) is 72.5 Å². The maximum Gasteiger partial charge on any atom is 0.0144 e. The van der Waals surface area contributed by atoms with Crippen LogP contribution in [0.2, 0.25) is 0 Å². The molecule has 1 aliphatic carbocycles. The topological polar surface area (TPSA) is 72.2 Å². The molecule has 6 heteroatoms. The van der Waals surface area contributed by atoms with Crippen molar-refractivity contribution in [3.63, 3.8) is 0 Å². The van der Waals surface area contributed by atoms with Crippen molar-refractivity contribution in [3.05, 3.63) is 0 Å². The van der Waals surface area contributed by atoms with Gasteiger partial charge in [-0.2, -0.15) is 0 Å². The van der Waals surface area contributed by atoms with Gasteiger partial charge in [0.1, 0.15) is 0 Å². The van der Waals surface area contributed by atoms with E-state index in [0.29, 0.717) is 144 Å². The zero-order valence-electron chi connectivity index (χ0n) is 44.7. The molecule has 7 rings (SSSR count). The number of hydrogen-bond donors (Lipinski definition) is 6. The highest BCUT2D eigenvalue weighted by Gasteiger charge is 2.59. The highest BCUT2D eigenvalue weighted by Crippen LogP contribution is 2.56. The molecule has 6 saturated heterocycles. The van der Waals surface area contributed by atoms with E-state index in [1.807, 2.05) is 0 Å². The molecule has 0 amide bonds. The maximum atomic E-state index is 4.47. The lowest BCUT2D eigenvalue weighted by atomic mass is 9.55. The van der Waals surface area contributed by atoms with Crippen LogP contribution in [0.4, 0.5) is 0 Å². The lowest BCUT2D eigenvalue weighted by Gasteiger charge is -2.53. The molecule has 0 bridgehead atoms. The van der Waals surface area contributed by atoms with Crippen LogP contribution in [0.5, 0.6) is 0 Å². The first-order valence-electron chi connectivity index (χ1n) is 28.5. The molecule has 0 aromatic heterocycles. The summed E-state index contributed by atoms with van der Waals surface area (Å²) in [6.45, 7) is 46.1. The first-order chi connectivity index (χ1) is 30.0. The predicted molar refractivity (Wildman–Crippen MR) is 271 cm³/mol. The second-order valence-corrected chi connectivity index (χ2v) is 25.2. The smallest absolute Gasteiger partial charge is 0.0144 e. The minimum atomic E-state index is 0.566. The molecule has 0 aromatic carbocycles. The van der Waals surface area contributed by atoms with Crippen LogP contribution in [0.15, 0.2) is 0 Å². The van der Waals surface area contributed by atoms with Gasteiger partial charge in [0.05, 0.1) is 0 Å². The van der Waals surface area contributed by atoms with Gasteiger partial charge in [-0.25, -0.2) is 0 Å². The third-order valence-corrected chi connectivity index (χ3v) is 22.8. The number of nitrogens with one attached hydrogen (secondary N) is 6. The van der Waals surface area contributed by atoms with E-state index in [2.05, 4.69) is 157 Å². The van der Waals surface area contributed by atoms with Crippen LogP contribution >= 0.6 is 0 Å². The van der Waals surface area contributed by atoms with Gasteiger partial charge in [-0.3, -0.25) is 0 Å². The van der Waals surface area contributed by atoms with Crippen LogP contribution < -0.4 is 31.9 Å². The molecule has 24 atom stereocenters. The van der Waals surface area contributed by atoms with Crippen molar-refractivity contribution in [1.29, 1.82) is 0 Å². The Kier molecular flexibility index (Phi) is 16.7. The van der Waals surface area contributed by atoms with Crippen LogP contribution in [-0.2, 0) is 0 Å². The van der Waals surface area contributed by atoms with Crippen molar-refractivity contribution < 1.29 is 0 Å². The standard InChI is InChI=1S/C57H108N6/c1-19-43-28(7)52(58-34(43)13)49(53-29(8)44(20-2)35(14)59-53)40-25-41(50(54-30(9)45(21-3)36(15)60-54)55-31(10)46(22-4)37(16)61-55)27-42(26-40)51(56-32(11)47(23-5)38(17)62-56)57-33(12)48(24-6)39(18)63-57/h28-63H,19-27H2,1-18H3. The van der Waals surface area contributed by atoms with Gasteiger partial charge in [0.2, 0.25) is 0 Å². The van der Waals surface area contributed by atoms with Crippen LogP contribution in [0.3, 0.4) is 0 Å². The normalized spacial score (nSPS) is 54.3. The summed E-state index contributed by atoms with van der Waals surface area (Å²) in [6, 6.07) is 6.91. The highest BCUT2D eigenvalue weighted by molar-refractivity contribution is 5.14. The van der Waals surface area contributed by atoms with Crippen molar-refractivity contribution in [2.24, 2.45) is 107 Å². The van der Waals surface area contributed by atoms with Gasteiger partial charge in [0.25, 0.3) is 0 Å². The van der Waals surface area contributed by atoms with E-state index in [-0.39, 0.29) is 0 Å². The lowest BCUT2D eigenvalue weighted by Crippen LogP contribution is -2.58. The van der Waals surface area contributed by atoms with Crippen LogP contribution in [0, 0.1) is 107 Å². The van der Waals surface area contributed by atoms with Gasteiger partial charge in [-0.05, 0) is 167 Å². The van der Waals surface area contributed by atoms with Crippen molar-refractivity contribution in [2.75, 3.05) is 0 Å². The Morgan fingerprint density at radius 2 is 0.413 bits per heavy atom. The molecule has 6 aliphatic heterocycles. The summed E-state index contributed by atoms with van der Waals surface area (Å²) in [4.78, 5) is 0. The molecular weight excluding hydrogens is 769 g/mol. The van der Waals surface area contributed by atoms with E-state index >= 15 is 0 Å². The van der Waals surface area contributed by atoms with Crippen LogP contribution in [-0.4, -0.2) is 72.5 Å². The van der Waals surface area contributed by atoms with E-state index in [1.54, 1.807) is 0 Å². The molecule has 0 radical (unpaired) electrons. The van der Waals surface area contributed by atoms with Crippen molar-refractivity contribution in [1.82, 2.24) is 31.9 Å². The maximum absolute atomic E-state index is 4.47. The minimum Gasteiger partial charge on any atom is -0.311 e. The quantitative estimate of drug-likeness (QED) is 0.0985. The first-order valence-corrected chi connectivity index (χ1v) is 28.5. The molecule has 63 heavy (non-hydrogen) atoms. The van der Waals surface area contributed by atoms with Crippen LogP contribution in [0.25, 0.3) is 0 Å². The highest BCUT2D eigenvalue weighted by atomic mass is 15.1. The molecule has 6 heterocycles. The van der Waals surface area contributed by atoms with Gasteiger partial charge in [-0.15, -0.1) is 0 Å². The number of hydrogen-bond acceptors (Lipinski definition) is 6. The van der Waals surface area contributed by atoms with Crippen molar-refractivity contribution in [3.8, 4) is 0 Å². The minimum absolute atomic E-state index is 0.566. The predicted octanol–water partition coefficient (Wildman–Crippen LogP) is 11.0. The summed E-state index contributed by atoms with van der Waals surface area (Å²) >= 11 is 0. The molecular formula is C57H108N6.